The van der Waals surface area contributed by atoms with E-state index in [1.807, 2.05) is 18.2 Å². The largest absolute Gasteiger partial charge is 0.487 e. The molecule has 0 unspecified atom stereocenters. The topological polar surface area (TPSA) is 120 Å². The van der Waals surface area contributed by atoms with Crippen molar-refractivity contribution in [3.63, 3.8) is 0 Å². The van der Waals surface area contributed by atoms with Crippen molar-refractivity contribution in [3.8, 4) is 17.2 Å². The molecule has 190 valence electrons. The molecule has 1 atom stereocenters. The van der Waals surface area contributed by atoms with Gasteiger partial charge in [0.25, 0.3) is 5.91 Å². The van der Waals surface area contributed by atoms with Crippen LogP contribution in [0.4, 0.5) is 11.4 Å². The number of oxazole rings is 1. The summed E-state index contributed by atoms with van der Waals surface area (Å²) >= 11 is 5.24. The van der Waals surface area contributed by atoms with Gasteiger partial charge < -0.3 is 14.5 Å². The predicted molar refractivity (Wildman–Crippen MR) is 146 cm³/mol. The number of nitro benzene ring substituents is 1. The molecule has 0 fully saturated rings. The van der Waals surface area contributed by atoms with E-state index in [-0.39, 0.29) is 28.7 Å². The first-order valence-electron chi connectivity index (χ1n) is 11.8. The lowest BCUT2D eigenvalue weighted by atomic mass is 9.98. The highest BCUT2D eigenvalue weighted by Crippen LogP contribution is 2.29. The van der Waals surface area contributed by atoms with Gasteiger partial charge in [-0.25, -0.2) is 4.98 Å². The number of benzene rings is 3. The molecule has 0 saturated carbocycles. The van der Waals surface area contributed by atoms with Gasteiger partial charge in [-0.3, -0.25) is 20.2 Å². The van der Waals surface area contributed by atoms with Gasteiger partial charge in [0.2, 0.25) is 5.89 Å². The normalized spacial score (nSPS) is 11.6. The fourth-order valence-electron chi connectivity index (χ4n) is 3.72. The van der Waals surface area contributed by atoms with Crippen molar-refractivity contribution >= 4 is 45.7 Å². The van der Waals surface area contributed by atoms with Gasteiger partial charge in [0.05, 0.1) is 11.5 Å². The Morgan fingerprint density at radius 1 is 1.14 bits per heavy atom. The van der Waals surface area contributed by atoms with Crippen LogP contribution in [0.1, 0.15) is 49.0 Å². The van der Waals surface area contributed by atoms with Crippen LogP contribution in [0.5, 0.6) is 5.75 Å². The average molecular weight is 519 g/mol. The summed E-state index contributed by atoms with van der Waals surface area (Å²) < 4.78 is 11.2. The molecule has 0 saturated heterocycles. The first-order valence-corrected chi connectivity index (χ1v) is 12.2. The third-order valence-electron chi connectivity index (χ3n) is 5.93. The smallest absolute Gasteiger partial charge is 0.311 e. The van der Waals surface area contributed by atoms with Gasteiger partial charge in [-0.05, 0) is 85.6 Å². The number of anilines is 1. The minimum Gasteiger partial charge on any atom is -0.487 e. The van der Waals surface area contributed by atoms with Crippen LogP contribution in [0, 0.1) is 10.1 Å². The van der Waals surface area contributed by atoms with Crippen LogP contribution in [0.3, 0.4) is 0 Å². The lowest BCUT2D eigenvalue weighted by Crippen LogP contribution is -2.34. The number of hydrogen-bond acceptors (Lipinski definition) is 7. The van der Waals surface area contributed by atoms with Crippen molar-refractivity contribution in [2.45, 2.75) is 33.1 Å². The zero-order valence-electron chi connectivity index (χ0n) is 20.6. The van der Waals surface area contributed by atoms with Crippen molar-refractivity contribution in [1.82, 2.24) is 10.3 Å². The van der Waals surface area contributed by atoms with E-state index in [1.54, 1.807) is 19.1 Å². The maximum Gasteiger partial charge on any atom is 0.311 e. The summed E-state index contributed by atoms with van der Waals surface area (Å²) in [7, 11) is 0. The van der Waals surface area contributed by atoms with E-state index in [9.17, 15) is 14.9 Å². The first kappa shape index (κ1) is 25.8. The molecule has 2 N–H and O–H groups in total. The minimum absolute atomic E-state index is 0.0497. The number of nitrogens with one attached hydrogen (secondary N) is 2. The Labute approximate surface area is 219 Å². The van der Waals surface area contributed by atoms with E-state index in [0.29, 0.717) is 17.5 Å². The number of amides is 1. The number of nitrogens with zero attached hydrogens (tertiary/aromatic N) is 2. The maximum absolute atomic E-state index is 12.6. The van der Waals surface area contributed by atoms with E-state index in [0.717, 1.165) is 29.2 Å². The maximum atomic E-state index is 12.6. The number of thiocarbonyl (C=S) groups is 1. The molecule has 0 aliphatic rings. The summed E-state index contributed by atoms with van der Waals surface area (Å²) in [6.07, 6.45) is 1.05. The number of aromatic nitrogens is 1. The first-order chi connectivity index (χ1) is 17.8. The summed E-state index contributed by atoms with van der Waals surface area (Å²) in [5.41, 5.74) is 3.99. The highest BCUT2D eigenvalue weighted by atomic mass is 32.1. The van der Waals surface area contributed by atoms with Crippen molar-refractivity contribution in [1.29, 1.82) is 0 Å². The minimum atomic E-state index is -0.596. The zero-order chi connectivity index (χ0) is 26.5. The third kappa shape index (κ3) is 5.92. The molecule has 4 rings (SSSR count). The van der Waals surface area contributed by atoms with Gasteiger partial charge >= 0.3 is 5.69 Å². The second kappa shape index (κ2) is 11.2. The molecule has 0 aliphatic carbocycles. The molecular weight excluding hydrogens is 492 g/mol. The summed E-state index contributed by atoms with van der Waals surface area (Å²) in [4.78, 5) is 27.9. The fraction of sp³-hybridized carbons (Fsp3) is 0.222. The highest BCUT2D eigenvalue weighted by molar-refractivity contribution is 7.80. The number of carbonyl (C=O) groups excluding carboxylic acids is 1. The highest BCUT2D eigenvalue weighted by Gasteiger charge is 2.19. The molecule has 9 nitrogen and oxygen atoms in total. The second-order valence-corrected chi connectivity index (χ2v) is 8.82. The molecular formula is C27H26N4O5S. The Hall–Kier alpha value is -4.31. The SMILES string of the molecule is CCOc1ccc(C(=O)NC(=S)Nc2ccc(-c3nc4cc([C@@H](C)CC)ccc4o3)cc2)cc1[N+](=O)[O-]. The van der Waals surface area contributed by atoms with Gasteiger partial charge in [0.15, 0.2) is 16.4 Å². The van der Waals surface area contributed by atoms with Crippen molar-refractivity contribution in [2.75, 3.05) is 11.9 Å². The van der Waals surface area contributed by atoms with Gasteiger partial charge in [0, 0.05) is 22.9 Å². The summed E-state index contributed by atoms with van der Waals surface area (Å²) in [6.45, 7) is 6.33. The Morgan fingerprint density at radius 2 is 1.89 bits per heavy atom. The predicted octanol–water partition coefficient (Wildman–Crippen LogP) is 6.44. The number of fused-ring (bicyclic) bond motifs is 1. The lowest BCUT2D eigenvalue weighted by molar-refractivity contribution is -0.385. The molecule has 1 aromatic heterocycles. The monoisotopic (exact) mass is 518 g/mol. The Balaban J connectivity index is 1.42. The molecule has 0 radical (unpaired) electrons. The molecule has 0 aliphatic heterocycles. The standard InChI is InChI=1S/C27H26N4O5S/c1-4-16(3)18-8-12-23-21(14-18)29-26(36-23)17-6-10-20(11-7-17)28-27(37)30-25(32)19-9-13-24(35-5-2)22(15-19)31(33)34/h6-16H,4-5H2,1-3H3,(H2,28,30,32,37)/t16-/m0/s1. The van der Waals surface area contributed by atoms with Crippen LogP contribution in [0.2, 0.25) is 0 Å². The third-order valence-corrected chi connectivity index (χ3v) is 6.13. The molecule has 1 amide bonds. The van der Waals surface area contributed by atoms with E-state index >= 15 is 0 Å². The van der Waals surface area contributed by atoms with E-state index < -0.39 is 10.8 Å². The van der Waals surface area contributed by atoms with Crippen LogP contribution in [0.25, 0.3) is 22.6 Å². The number of carbonyl (C=O) groups is 1. The van der Waals surface area contributed by atoms with Crippen LogP contribution in [-0.4, -0.2) is 27.5 Å². The lowest BCUT2D eigenvalue weighted by Gasteiger charge is -2.10. The summed E-state index contributed by atoms with van der Waals surface area (Å²) in [5, 5.41) is 16.8. The Morgan fingerprint density at radius 3 is 2.57 bits per heavy atom. The van der Waals surface area contributed by atoms with Crippen LogP contribution in [0.15, 0.2) is 65.1 Å². The Bertz CT molecular complexity index is 1470. The van der Waals surface area contributed by atoms with Gasteiger partial charge in [-0.2, -0.15) is 0 Å². The molecule has 1 heterocycles. The van der Waals surface area contributed by atoms with Crippen LogP contribution in [-0.2, 0) is 0 Å². The zero-order valence-corrected chi connectivity index (χ0v) is 21.4. The average Bonchev–Trinajstić information content (AvgIpc) is 3.32. The van der Waals surface area contributed by atoms with Gasteiger partial charge in [-0.15, -0.1) is 0 Å². The van der Waals surface area contributed by atoms with E-state index in [2.05, 4.69) is 41.6 Å². The molecule has 4 aromatic rings. The van der Waals surface area contributed by atoms with Gasteiger partial charge in [-0.1, -0.05) is 19.9 Å². The Kier molecular flexibility index (Phi) is 7.78. The number of rotatable bonds is 8. The summed E-state index contributed by atoms with van der Waals surface area (Å²) in [6, 6.07) is 17.3. The quantitative estimate of drug-likeness (QED) is 0.155. The summed E-state index contributed by atoms with van der Waals surface area (Å²) in [5.74, 6) is 0.475. The molecule has 37 heavy (non-hydrogen) atoms. The molecule has 0 spiro atoms. The fourth-order valence-corrected chi connectivity index (χ4v) is 3.93. The van der Waals surface area contributed by atoms with Crippen molar-refractivity contribution in [2.24, 2.45) is 0 Å². The van der Waals surface area contributed by atoms with E-state index in [1.165, 1.54) is 17.7 Å². The molecule has 0 bridgehead atoms. The number of hydrogen-bond donors (Lipinski definition) is 2. The van der Waals surface area contributed by atoms with E-state index in [4.69, 9.17) is 21.4 Å². The van der Waals surface area contributed by atoms with Crippen molar-refractivity contribution < 1.29 is 18.9 Å². The van der Waals surface area contributed by atoms with Crippen LogP contribution >= 0.6 is 12.2 Å². The van der Waals surface area contributed by atoms with Gasteiger partial charge in [0.1, 0.15) is 5.52 Å². The number of nitro groups is 1. The van der Waals surface area contributed by atoms with Crippen molar-refractivity contribution in [3.05, 3.63) is 81.9 Å². The second-order valence-electron chi connectivity index (χ2n) is 8.41. The molecule has 10 heteroatoms. The molecule has 3 aromatic carbocycles. The number of ether oxygens (including phenoxy) is 1. The van der Waals surface area contributed by atoms with Crippen LogP contribution < -0.4 is 15.4 Å².